The van der Waals surface area contributed by atoms with Crippen molar-refractivity contribution in [1.82, 2.24) is 9.97 Å². The van der Waals surface area contributed by atoms with Crippen molar-refractivity contribution in [2.24, 2.45) is 0 Å². The molecule has 0 bridgehead atoms. The molecule has 0 aliphatic heterocycles. The lowest BCUT2D eigenvalue weighted by Gasteiger charge is -2.14. The van der Waals surface area contributed by atoms with Gasteiger partial charge in [0.25, 0.3) is 0 Å². The summed E-state index contributed by atoms with van der Waals surface area (Å²) in [4.78, 5) is 19.6. The summed E-state index contributed by atoms with van der Waals surface area (Å²) in [5, 5.41) is 3.89. The first-order chi connectivity index (χ1) is 13.6. The first kappa shape index (κ1) is 19.9. The Labute approximate surface area is 172 Å². The summed E-state index contributed by atoms with van der Waals surface area (Å²) in [5.41, 5.74) is 2.30. The van der Waals surface area contributed by atoms with Crippen LogP contribution in [-0.2, 0) is 9.53 Å². The van der Waals surface area contributed by atoms with Crippen molar-refractivity contribution in [3.63, 3.8) is 0 Å². The van der Waals surface area contributed by atoms with Crippen molar-refractivity contribution in [1.29, 1.82) is 0 Å². The first-order valence-corrected chi connectivity index (χ1v) is 9.24. The second-order valence-corrected chi connectivity index (χ2v) is 6.52. The maximum atomic E-state index is 11.6. The Bertz CT molecular complexity index is 968. The monoisotopic (exact) mass is 417 g/mol. The minimum Gasteiger partial charge on any atom is -0.465 e. The average molecular weight is 418 g/mol. The molecule has 0 amide bonds. The lowest BCUT2D eigenvalue weighted by molar-refractivity contribution is -0.140. The van der Waals surface area contributed by atoms with Crippen LogP contribution in [0.15, 0.2) is 55.1 Å². The predicted octanol–water partition coefficient (Wildman–Crippen LogP) is 5.22. The number of hydrogen-bond donors (Lipinski definition) is 1. The Morgan fingerprint density at radius 1 is 1.04 bits per heavy atom. The molecule has 0 radical (unpaired) electrons. The van der Waals surface area contributed by atoms with Crippen molar-refractivity contribution in [2.45, 2.75) is 6.92 Å². The largest absolute Gasteiger partial charge is 0.465 e. The summed E-state index contributed by atoms with van der Waals surface area (Å²) in [6, 6.07) is 10.4. The van der Waals surface area contributed by atoms with E-state index in [1.54, 1.807) is 49.6 Å². The number of carbonyl (C=O) groups excluding carboxylic acids is 1. The van der Waals surface area contributed by atoms with Gasteiger partial charge in [-0.15, -0.1) is 0 Å². The van der Waals surface area contributed by atoms with Gasteiger partial charge in [0.2, 0.25) is 0 Å². The molecule has 3 rings (SSSR count). The van der Waals surface area contributed by atoms with E-state index in [2.05, 4.69) is 15.3 Å². The number of carbonyl (C=O) groups is 1. The Hall–Kier alpha value is -2.83. The zero-order chi connectivity index (χ0) is 19.9. The van der Waals surface area contributed by atoms with Crippen LogP contribution in [0.4, 0.5) is 5.69 Å². The maximum absolute atomic E-state index is 11.6. The Balaban J connectivity index is 1.81. The quantitative estimate of drug-likeness (QED) is 0.531. The second kappa shape index (κ2) is 9.39. The highest BCUT2D eigenvalue weighted by atomic mass is 35.5. The van der Waals surface area contributed by atoms with Gasteiger partial charge in [0.05, 0.1) is 17.3 Å². The fourth-order valence-corrected chi connectivity index (χ4v) is 2.82. The van der Waals surface area contributed by atoms with Gasteiger partial charge in [0.15, 0.2) is 5.75 Å². The molecule has 2 aromatic carbocycles. The van der Waals surface area contributed by atoms with Gasteiger partial charge < -0.3 is 14.8 Å². The van der Waals surface area contributed by atoms with Crippen LogP contribution in [0.1, 0.15) is 6.92 Å². The highest BCUT2D eigenvalue weighted by Gasteiger charge is 2.12. The molecule has 3 aromatic rings. The van der Waals surface area contributed by atoms with Crippen LogP contribution in [-0.4, -0.2) is 29.1 Å². The van der Waals surface area contributed by atoms with Crippen LogP contribution < -0.4 is 10.1 Å². The number of nitrogens with one attached hydrogen (secondary N) is 1. The fourth-order valence-electron chi connectivity index (χ4n) is 2.44. The van der Waals surface area contributed by atoms with Crippen LogP contribution >= 0.6 is 23.2 Å². The average Bonchev–Trinajstić information content (AvgIpc) is 2.70. The van der Waals surface area contributed by atoms with E-state index in [9.17, 15) is 4.79 Å². The SMILES string of the molecule is CCOC(=O)CNc1ccc(Cl)cc1Oc1ccc(-c2cncnc2)cc1Cl. The molecule has 1 heterocycles. The van der Waals surface area contributed by atoms with E-state index in [0.29, 0.717) is 33.8 Å². The Morgan fingerprint density at radius 3 is 2.54 bits per heavy atom. The van der Waals surface area contributed by atoms with E-state index in [-0.39, 0.29) is 12.5 Å². The molecule has 6 nitrogen and oxygen atoms in total. The maximum Gasteiger partial charge on any atom is 0.325 e. The minimum absolute atomic E-state index is 0.00646. The van der Waals surface area contributed by atoms with Gasteiger partial charge >= 0.3 is 5.97 Å². The second-order valence-electron chi connectivity index (χ2n) is 5.67. The molecule has 1 aromatic heterocycles. The molecule has 0 unspecified atom stereocenters. The lowest BCUT2D eigenvalue weighted by atomic mass is 10.1. The van der Waals surface area contributed by atoms with Crippen LogP contribution in [0.2, 0.25) is 10.0 Å². The van der Waals surface area contributed by atoms with Crippen molar-refractivity contribution < 1.29 is 14.3 Å². The molecular formula is C20H17Cl2N3O3. The molecule has 0 saturated heterocycles. The molecule has 8 heteroatoms. The molecule has 0 spiro atoms. The van der Waals surface area contributed by atoms with Gasteiger partial charge in [0.1, 0.15) is 18.6 Å². The third-order valence-corrected chi connectivity index (χ3v) is 4.25. The van der Waals surface area contributed by atoms with Crippen molar-refractivity contribution in [2.75, 3.05) is 18.5 Å². The van der Waals surface area contributed by atoms with Crippen LogP contribution in [0.5, 0.6) is 11.5 Å². The molecule has 1 N–H and O–H groups in total. The number of nitrogens with zero attached hydrogens (tertiary/aromatic N) is 2. The molecule has 0 atom stereocenters. The van der Waals surface area contributed by atoms with E-state index >= 15 is 0 Å². The lowest BCUT2D eigenvalue weighted by Crippen LogP contribution is -2.16. The van der Waals surface area contributed by atoms with Crippen LogP contribution in [0.3, 0.4) is 0 Å². The van der Waals surface area contributed by atoms with Gasteiger partial charge in [-0.25, -0.2) is 9.97 Å². The number of hydrogen-bond acceptors (Lipinski definition) is 6. The molecule has 0 aliphatic carbocycles. The van der Waals surface area contributed by atoms with Crippen molar-refractivity contribution in [3.8, 4) is 22.6 Å². The number of halogens is 2. The van der Waals surface area contributed by atoms with E-state index in [1.165, 1.54) is 6.33 Å². The van der Waals surface area contributed by atoms with Crippen molar-refractivity contribution >= 4 is 34.9 Å². The number of anilines is 1. The van der Waals surface area contributed by atoms with Gasteiger partial charge in [-0.1, -0.05) is 29.3 Å². The summed E-state index contributed by atoms with van der Waals surface area (Å²) in [7, 11) is 0. The summed E-state index contributed by atoms with van der Waals surface area (Å²) < 4.78 is 10.9. The standard InChI is InChI=1S/C20H17Cl2N3O3/c1-2-27-20(26)11-25-17-5-4-15(21)8-19(17)28-18-6-3-13(7-16(18)22)14-9-23-12-24-10-14/h3-10,12,25H,2,11H2,1H3. The van der Waals surface area contributed by atoms with Gasteiger partial charge in [-0.3, -0.25) is 4.79 Å². The van der Waals surface area contributed by atoms with E-state index in [4.69, 9.17) is 32.7 Å². The van der Waals surface area contributed by atoms with Gasteiger partial charge in [-0.2, -0.15) is 0 Å². The Kier molecular flexibility index (Phi) is 6.68. The number of esters is 1. The number of benzene rings is 2. The zero-order valence-corrected chi connectivity index (χ0v) is 16.5. The smallest absolute Gasteiger partial charge is 0.325 e. The van der Waals surface area contributed by atoms with Gasteiger partial charge in [-0.05, 0) is 36.8 Å². The summed E-state index contributed by atoms with van der Waals surface area (Å²) in [6.45, 7) is 2.08. The molecule has 0 aliphatic rings. The summed E-state index contributed by atoms with van der Waals surface area (Å²) in [6.07, 6.45) is 4.87. The third kappa shape index (κ3) is 5.12. The fraction of sp³-hybridized carbons (Fsp3) is 0.150. The van der Waals surface area contributed by atoms with Crippen molar-refractivity contribution in [3.05, 3.63) is 65.2 Å². The normalized spacial score (nSPS) is 10.4. The molecular weight excluding hydrogens is 401 g/mol. The highest BCUT2D eigenvalue weighted by Crippen LogP contribution is 2.37. The highest BCUT2D eigenvalue weighted by molar-refractivity contribution is 6.32. The topological polar surface area (TPSA) is 73.3 Å². The number of aromatic nitrogens is 2. The number of rotatable bonds is 7. The summed E-state index contributed by atoms with van der Waals surface area (Å²) in [5.74, 6) is 0.522. The summed E-state index contributed by atoms with van der Waals surface area (Å²) >= 11 is 12.5. The predicted molar refractivity (Wildman–Crippen MR) is 109 cm³/mol. The number of ether oxygens (including phenoxy) is 2. The zero-order valence-electron chi connectivity index (χ0n) is 15.0. The Morgan fingerprint density at radius 2 is 1.82 bits per heavy atom. The molecule has 0 saturated carbocycles. The minimum atomic E-state index is -0.365. The molecule has 144 valence electrons. The van der Waals surface area contributed by atoms with Crippen LogP contribution in [0, 0.1) is 0 Å². The van der Waals surface area contributed by atoms with E-state index in [1.807, 2.05) is 6.07 Å². The molecule has 0 fully saturated rings. The van der Waals surface area contributed by atoms with Gasteiger partial charge in [0, 0.05) is 29.0 Å². The molecule has 28 heavy (non-hydrogen) atoms. The van der Waals surface area contributed by atoms with E-state index in [0.717, 1.165) is 11.1 Å². The third-order valence-electron chi connectivity index (χ3n) is 3.72. The first-order valence-electron chi connectivity index (χ1n) is 8.48. The van der Waals surface area contributed by atoms with E-state index < -0.39 is 0 Å². The van der Waals surface area contributed by atoms with Crippen LogP contribution in [0.25, 0.3) is 11.1 Å².